The third-order valence-corrected chi connectivity index (χ3v) is 0.766. The molecular weight excluding hydrogens is 398 g/mol. The zero-order valence-corrected chi connectivity index (χ0v) is 16.0. The largest absolute Gasteiger partial charge is 0.425 e. The molecule has 0 spiro atoms. The van der Waals surface area contributed by atoms with Gasteiger partial charge in [-0.1, -0.05) is 8.67 Å². The first-order chi connectivity index (χ1) is 6.21. The molecule has 0 aliphatic heterocycles. The maximum absolute atomic E-state index is 9.51. The summed E-state index contributed by atoms with van der Waals surface area (Å²) in [7, 11) is -14.7. The Morgan fingerprint density at radius 2 is 0.722 bits per heavy atom. The third-order valence-electron chi connectivity index (χ3n) is 0.200. The molecule has 18 heteroatoms. The van der Waals surface area contributed by atoms with Crippen molar-refractivity contribution >= 4 is 90.3 Å². The summed E-state index contributed by atoms with van der Waals surface area (Å²) in [5.74, 6) is 0. The van der Waals surface area contributed by atoms with Crippen LogP contribution in [0.5, 0.6) is 0 Å². The Kier molecular flexibility index (Phi) is 23.0. The van der Waals surface area contributed by atoms with Crippen molar-refractivity contribution in [2.75, 3.05) is 0 Å². The molecule has 0 saturated carbocycles. The van der Waals surface area contributed by atoms with E-state index in [2.05, 4.69) is 8.67 Å². The summed E-state index contributed by atoms with van der Waals surface area (Å²) in [5, 5.41) is 0. The average molecular weight is 402 g/mol. The van der Waals surface area contributed by atoms with Crippen LogP contribution in [0, 0.1) is 0 Å². The smallest absolute Gasteiger partial charge is 0.264 e. The van der Waals surface area contributed by atoms with Crippen molar-refractivity contribution in [3.63, 3.8) is 0 Å². The molecule has 18 heavy (non-hydrogen) atoms. The van der Waals surface area contributed by atoms with Crippen LogP contribution < -0.4 is 0 Å². The first-order valence-corrected chi connectivity index (χ1v) is 6.36. The quantitative estimate of drug-likeness (QED) is 0.163. The maximum Gasteiger partial charge on any atom is 0.425 e. The Hall–Kier alpha value is 2.13. The Bertz CT molecular complexity index is 429. The zero-order valence-electron chi connectivity index (χ0n) is 8.58. The fraction of sp³-hybridized carbons (Fsp3) is 0. The van der Waals surface area contributed by atoms with E-state index in [-0.39, 0.29) is 76.2 Å². The summed E-state index contributed by atoms with van der Waals surface area (Å²) in [6, 6.07) is 0. The Balaban J connectivity index is -0.0000000621. The molecule has 107 valence electrons. The topological polar surface area (TPSA) is 202 Å². The molecule has 0 saturated heterocycles. The summed E-state index contributed by atoms with van der Waals surface area (Å²) in [6.45, 7) is 0. The minimum atomic E-state index is -5.02. The van der Waals surface area contributed by atoms with E-state index in [1.807, 2.05) is 0 Å². The van der Waals surface area contributed by atoms with E-state index in [0.29, 0.717) is 0 Å². The molecule has 0 fully saturated rings. The van der Waals surface area contributed by atoms with Gasteiger partial charge in [0.15, 0.2) is 0 Å². The van der Waals surface area contributed by atoms with Gasteiger partial charge in [0.2, 0.25) is 0 Å². The van der Waals surface area contributed by atoms with Gasteiger partial charge in [-0.15, -0.1) is 0 Å². The first-order valence-electron chi connectivity index (χ1n) is 2.23. The number of hydrogen-bond donors (Lipinski definition) is 4. The van der Waals surface area contributed by atoms with Gasteiger partial charge in [0, 0.05) is 76.2 Å². The summed E-state index contributed by atoms with van der Waals surface area (Å²) < 4.78 is 90.5. The summed E-state index contributed by atoms with van der Waals surface area (Å²) in [6.07, 6.45) is 0. The average Bonchev–Trinajstić information content (AvgIpc) is 1.76. The molecule has 0 unspecified atom stereocenters. The molecule has 0 aliphatic carbocycles. The van der Waals surface area contributed by atoms with Crippen molar-refractivity contribution in [2.45, 2.75) is 0 Å². The van der Waals surface area contributed by atoms with Crippen LogP contribution in [0.25, 0.3) is 0 Å². The molecule has 0 bridgehead atoms. The Labute approximate surface area is 157 Å². The van der Waals surface area contributed by atoms with Crippen LogP contribution in [0.2, 0.25) is 0 Å². The zero-order chi connectivity index (χ0) is 12.9. The second kappa shape index (κ2) is 12.8. The van der Waals surface area contributed by atoms with Gasteiger partial charge in [0.05, 0.1) is 0 Å². The van der Waals surface area contributed by atoms with Crippen molar-refractivity contribution in [3.05, 3.63) is 0 Å². The van der Waals surface area contributed by atoms with Gasteiger partial charge in [-0.2, -0.15) is 25.3 Å². The van der Waals surface area contributed by atoms with Gasteiger partial charge >= 0.3 is 31.2 Å². The SMILES string of the molecule is O=S(=O)(O)O.O=S(=O)(O)OOS(=O)(=O)O.[Cu].[Na].[Na]. The van der Waals surface area contributed by atoms with Crippen LogP contribution in [0.15, 0.2) is 0 Å². The van der Waals surface area contributed by atoms with Crippen LogP contribution >= 0.6 is 0 Å². The molecule has 0 aliphatic rings. The van der Waals surface area contributed by atoms with E-state index < -0.39 is 31.2 Å². The molecule has 0 aromatic carbocycles. The van der Waals surface area contributed by atoms with Crippen LogP contribution in [0.1, 0.15) is 0 Å². The molecule has 0 heterocycles. The van der Waals surface area contributed by atoms with E-state index >= 15 is 0 Å². The Morgan fingerprint density at radius 1 is 0.611 bits per heavy atom. The standard InChI is InChI=1S/Cu.2Na.H2O8S2.H2O4S/c;;;1-9(2,3)7-8-10(4,5)6;1-5(2,3)4/h;;;(H,1,2,3)(H,4,5,6);(H2,1,2,3,4). The van der Waals surface area contributed by atoms with E-state index in [1.54, 1.807) is 0 Å². The van der Waals surface area contributed by atoms with Crippen molar-refractivity contribution in [1.82, 2.24) is 0 Å². The summed E-state index contributed by atoms with van der Waals surface area (Å²) in [4.78, 5) is 0. The van der Waals surface area contributed by atoms with Crippen LogP contribution in [0.3, 0.4) is 0 Å². The van der Waals surface area contributed by atoms with Gasteiger partial charge in [-0.05, 0) is 0 Å². The van der Waals surface area contributed by atoms with Crippen molar-refractivity contribution < 1.29 is 69.2 Å². The van der Waals surface area contributed by atoms with E-state index in [9.17, 15) is 16.8 Å². The molecule has 0 aromatic heterocycles. The van der Waals surface area contributed by atoms with E-state index in [0.717, 1.165) is 0 Å². The van der Waals surface area contributed by atoms with Gasteiger partial charge in [-0.25, -0.2) is 0 Å². The monoisotopic (exact) mass is 401 g/mol. The number of rotatable bonds is 3. The second-order valence-electron chi connectivity index (χ2n) is 1.44. The van der Waals surface area contributed by atoms with Crippen LogP contribution in [0.4, 0.5) is 0 Å². The van der Waals surface area contributed by atoms with Gasteiger partial charge in [0.1, 0.15) is 0 Å². The van der Waals surface area contributed by atoms with Gasteiger partial charge < -0.3 is 0 Å². The van der Waals surface area contributed by atoms with Gasteiger partial charge in [-0.3, -0.25) is 18.2 Å². The molecule has 4 N–H and O–H groups in total. The summed E-state index contributed by atoms with van der Waals surface area (Å²) in [5.41, 5.74) is 0. The van der Waals surface area contributed by atoms with Crippen molar-refractivity contribution in [3.8, 4) is 0 Å². The minimum absolute atomic E-state index is 0. The third kappa shape index (κ3) is 63.8. The maximum atomic E-state index is 9.51. The molecule has 0 rings (SSSR count). The molecule has 0 amide bonds. The Morgan fingerprint density at radius 3 is 0.778 bits per heavy atom. The molecule has 12 nitrogen and oxygen atoms in total. The fourth-order valence-electron chi connectivity index (χ4n) is 0.0702. The van der Waals surface area contributed by atoms with E-state index in [4.69, 9.17) is 26.6 Å². The molecule has 0 atom stereocenters. The molecule has 0 aromatic rings. The second-order valence-corrected chi connectivity index (χ2v) is 4.32. The van der Waals surface area contributed by atoms with Crippen LogP contribution in [-0.4, -0.2) is 103 Å². The predicted octanol–water partition coefficient (Wildman–Crippen LogP) is -2.88. The molecular formula is H4CuNa2O12S3. The fourth-order valence-corrected chi connectivity index (χ4v) is 0.632. The van der Waals surface area contributed by atoms with E-state index in [1.165, 1.54) is 0 Å². The number of hydrogen-bond acceptors (Lipinski definition) is 8. The summed E-state index contributed by atoms with van der Waals surface area (Å²) >= 11 is 0. The molecule has 3 radical (unpaired) electrons. The minimum Gasteiger partial charge on any atom is -0.264 e. The van der Waals surface area contributed by atoms with Crippen molar-refractivity contribution in [2.24, 2.45) is 0 Å². The normalized spacial score (nSPS) is 10.7. The predicted molar refractivity (Wildman–Crippen MR) is 51.0 cm³/mol. The van der Waals surface area contributed by atoms with Crippen LogP contribution in [-0.2, 0) is 56.9 Å². The van der Waals surface area contributed by atoms with Crippen molar-refractivity contribution in [1.29, 1.82) is 0 Å². The first kappa shape index (κ1) is 32.2. The van der Waals surface area contributed by atoms with Gasteiger partial charge in [0.25, 0.3) is 0 Å².